The van der Waals surface area contributed by atoms with Crippen molar-refractivity contribution in [2.45, 2.75) is 12.5 Å². The van der Waals surface area contributed by atoms with Crippen LogP contribution < -0.4 is 0 Å². The Bertz CT molecular complexity index is 516. The Labute approximate surface area is 110 Å². The molecule has 2 nitrogen and oxygen atoms in total. The van der Waals surface area contributed by atoms with Gasteiger partial charge in [0.1, 0.15) is 6.10 Å². The van der Waals surface area contributed by atoms with Crippen molar-refractivity contribution in [2.24, 2.45) is 0 Å². The largest absolute Gasteiger partial charge is 0.386 e. The van der Waals surface area contributed by atoms with Crippen LogP contribution in [0.2, 0.25) is 10.0 Å². The number of hydrogen-bond donors (Lipinski definition) is 1. The first-order valence-corrected chi connectivity index (χ1v) is 5.96. The average Bonchev–Trinajstić information content (AvgIpc) is 2.32. The molecule has 0 bridgehead atoms. The van der Waals surface area contributed by atoms with E-state index in [-0.39, 0.29) is 0 Å². The number of aromatic nitrogens is 1. The van der Waals surface area contributed by atoms with Crippen molar-refractivity contribution in [3.63, 3.8) is 0 Å². The zero-order chi connectivity index (χ0) is 12.3. The molecule has 0 aliphatic carbocycles. The van der Waals surface area contributed by atoms with Crippen LogP contribution in [0, 0.1) is 0 Å². The molecule has 0 fully saturated rings. The third kappa shape index (κ3) is 2.97. The molecule has 2 rings (SSSR count). The van der Waals surface area contributed by atoms with Crippen molar-refractivity contribution in [2.75, 3.05) is 0 Å². The molecule has 0 spiro atoms. The summed E-state index contributed by atoms with van der Waals surface area (Å²) < 4.78 is 0. The first kappa shape index (κ1) is 12.4. The van der Waals surface area contributed by atoms with Gasteiger partial charge in [-0.1, -0.05) is 41.4 Å². The number of aliphatic hydroxyl groups excluding tert-OH is 1. The lowest BCUT2D eigenvalue weighted by Gasteiger charge is -2.12. The van der Waals surface area contributed by atoms with Gasteiger partial charge in [-0.2, -0.15) is 0 Å². The highest BCUT2D eigenvalue weighted by atomic mass is 35.5. The van der Waals surface area contributed by atoms with Crippen LogP contribution in [0.4, 0.5) is 0 Å². The number of hydrogen-bond acceptors (Lipinski definition) is 2. The first-order chi connectivity index (χ1) is 8.18. The Hall–Kier alpha value is -1.09. The summed E-state index contributed by atoms with van der Waals surface area (Å²) in [6.07, 6.45) is 1.26. The van der Waals surface area contributed by atoms with E-state index in [1.165, 1.54) is 0 Å². The molecule has 17 heavy (non-hydrogen) atoms. The molecule has 0 aliphatic rings. The van der Waals surface area contributed by atoms with Crippen LogP contribution in [0.3, 0.4) is 0 Å². The van der Waals surface area contributed by atoms with E-state index in [0.717, 1.165) is 5.56 Å². The quantitative estimate of drug-likeness (QED) is 0.921. The predicted molar refractivity (Wildman–Crippen MR) is 69.4 cm³/mol. The summed E-state index contributed by atoms with van der Waals surface area (Å²) in [6.45, 7) is 0. The van der Waals surface area contributed by atoms with Crippen LogP contribution in [-0.4, -0.2) is 10.1 Å². The fourth-order valence-electron chi connectivity index (χ4n) is 1.61. The molecule has 0 saturated carbocycles. The van der Waals surface area contributed by atoms with Gasteiger partial charge in [0.25, 0.3) is 0 Å². The standard InChI is InChI=1S/C13H11Cl2NO/c14-10-5-2-1-4-9(10)8-12(17)13-11(15)6-3-7-16-13/h1-7,12,17H,8H2. The van der Waals surface area contributed by atoms with E-state index in [1.54, 1.807) is 24.4 Å². The molecule has 0 amide bonds. The summed E-state index contributed by atoms with van der Waals surface area (Å²) >= 11 is 12.0. The number of rotatable bonds is 3. The fraction of sp³-hybridized carbons (Fsp3) is 0.154. The third-order valence-corrected chi connectivity index (χ3v) is 3.16. The Morgan fingerprint density at radius 2 is 1.76 bits per heavy atom. The average molecular weight is 268 g/mol. The summed E-state index contributed by atoms with van der Waals surface area (Å²) in [5.41, 5.74) is 1.36. The summed E-state index contributed by atoms with van der Waals surface area (Å²) in [5, 5.41) is 11.2. The van der Waals surface area contributed by atoms with E-state index in [4.69, 9.17) is 23.2 Å². The maximum Gasteiger partial charge on any atom is 0.102 e. The van der Waals surface area contributed by atoms with Gasteiger partial charge in [-0.15, -0.1) is 0 Å². The van der Waals surface area contributed by atoms with E-state index < -0.39 is 6.10 Å². The second-order valence-corrected chi connectivity index (χ2v) is 4.50. The minimum Gasteiger partial charge on any atom is -0.386 e. The van der Waals surface area contributed by atoms with Crippen LogP contribution in [0.15, 0.2) is 42.6 Å². The molecule has 0 radical (unpaired) electrons. The normalized spacial score (nSPS) is 12.4. The van der Waals surface area contributed by atoms with Gasteiger partial charge >= 0.3 is 0 Å². The molecule has 4 heteroatoms. The van der Waals surface area contributed by atoms with Gasteiger partial charge in [0.2, 0.25) is 0 Å². The monoisotopic (exact) mass is 267 g/mol. The van der Waals surface area contributed by atoms with E-state index in [0.29, 0.717) is 22.2 Å². The molecular formula is C13H11Cl2NO. The zero-order valence-electron chi connectivity index (χ0n) is 8.98. The third-order valence-electron chi connectivity index (χ3n) is 2.47. The Morgan fingerprint density at radius 1 is 1.06 bits per heavy atom. The van der Waals surface area contributed by atoms with Crippen molar-refractivity contribution in [1.82, 2.24) is 4.98 Å². The molecule has 1 heterocycles. The summed E-state index contributed by atoms with van der Waals surface area (Å²) in [5.74, 6) is 0. The molecule has 1 N–H and O–H groups in total. The Kier molecular flexibility index (Phi) is 4.00. The highest BCUT2D eigenvalue weighted by molar-refractivity contribution is 6.31. The smallest absolute Gasteiger partial charge is 0.102 e. The lowest BCUT2D eigenvalue weighted by atomic mass is 10.1. The lowest BCUT2D eigenvalue weighted by molar-refractivity contribution is 0.174. The minimum absolute atomic E-state index is 0.399. The minimum atomic E-state index is -0.747. The molecular weight excluding hydrogens is 257 g/mol. The molecule has 1 unspecified atom stereocenters. The van der Waals surface area contributed by atoms with Crippen LogP contribution in [0.5, 0.6) is 0 Å². The number of halogens is 2. The zero-order valence-corrected chi connectivity index (χ0v) is 10.5. The number of pyridine rings is 1. The highest BCUT2D eigenvalue weighted by Crippen LogP contribution is 2.26. The second-order valence-electron chi connectivity index (χ2n) is 3.68. The number of benzene rings is 1. The molecule has 1 atom stereocenters. The SMILES string of the molecule is OC(Cc1ccccc1Cl)c1ncccc1Cl. The maximum absolute atomic E-state index is 10.1. The van der Waals surface area contributed by atoms with Crippen LogP contribution in [-0.2, 0) is 6.42 Å². The van der Waals surface area contributed by atoms with Crippen molar-refractivity contribution in [1.29, 1.82) is 0 Å². The molecule has 0 aliphatic heterocycles. The van der Waals surface area contributed by atoms with Crippen molar-refractivity contribution in [3.05, 3.63) is 63.9 Å². The van der Waals surface area contributed by atoms with Gasteiger partial charge in [-0.25, -0.2) is 0 Å². The fourth-order valence-corrected chi connectivity index (χ4v) is 2.07. The van der Waals surface area contributed by atoms with E-state index in [9.17, 15) is 5.11 Å². The number of aliphatic hydroxyl groups is 1. The molecule has 1 aromatic heterocycles. The molecule has 2 aromatic rings. The van der Waals surface area contributed by atoms with Crippen molar-refractivity contribution < 1.29 is 5.11 Å². The number of nitrogens with zero attached hydrogens (tertiary/aromatic N) is 1. The first-order valence-electron chi connectivity index (χ1n) is 5.20. The summed E-state index contributed by atoms with van der Waals surface area (Å²) in [6, 6.07) is 10.8. The van der Waals surface area contributed by atoms with Gasteiger partial charge < -0.3 is 5.11 Å². The highest BCUT2D eigenvalue weighted by Gasteiger charge is 2.14. The maximum atomic E-state index is 10.1. The van der Waals surface area contributed by atoms with Gasteiger partial charge in [-0.3, -0.25) is 4.98 Å². The summed E-state index contributed by atoms with van der Waals surface area (Å²) in [4.78, 5) is 4.08. The van der Waals surface area contributed by atoms with E-state index >= 15 is 0 Å². The van der Waals surface area contributed by atoms with E-state index in [2.05, 4.69) is 4.98 Å². The van der Waals surface area contributed by atoms with Crippen LogP contribution in [0.25, 0.3) is 0 Å². The lowest BCUT2D eigenvalue weighted by Crippen LogP contribution is -2.05. The van der Waals surface area contributed by atoms with E-state index in [1.807, 2.05) is 18.2 Å². The van der Waals surface area contributed by atoms with Gasteiger partial charge in [0.05, 0.1) is 10.7 Å². The second kappa shape index (κ2) is 5.50. The van der Waals surface area contributed by atoms with Crippen molar-refractivity contribution >= 4 is 23.2 Å². The molecule has 88 valence electrons. The van der Waals surface area contributed by atoms with Crippen molar-refractivity contribution in [3.8, 4) is 0 Å². The van der Waals surface area contributed by atoms with Gasteiger partial charge in [0, 0.05) is 17.6 Å². The Balaban J connectivity index is 2.20. The van der Waals surface area contributed by atoms with Crippen LogP contribution >= 0.6 is 23.2 Å². The Morgan fingerprint density at radius 3 is 2.47 bits per heavy atom. The topological polar surface area (TPSA) is 33.1 Å². The predicted octanol–water partition coefficient (Wildman–Crippen LogP) is 3.66. The molecule has 0 saturated heterocycles. The molecule has 1 aromatic carbocycles. The van der Waals surface area contributed by atoms with Crippen LogP contribution in [0.1, 0.15) is 17.4 Å². The van der Waals surface area contributed by atoms with Gasteiger partial charge in [-0.05, 0) is 23.8 Å². The van der Waals surface area contributed by atoms with Gasteiger partial charge in [0.15, 0.2) is 0 Å². The summed E-state index contributed by atoms with van der Waals surface area (Å²) in [7, 11) is 0.